The van der Waals surface area contributed by atoms with Crippen LogP contribution in [-0.4, -0.2) is 46.7 Å². The number of aliphatic hydroxyl groups is 1. The highest BCUT2D eigenvalue weighted by Crippen LogP contribution is 2.24. The Balaban J connectivity index is 1.22. The Morgan fingerprint density at radius 2 is 1.74 bits per heavy atom. The van der Waals surface area contributed by atoms with Gasteiger partial charge in [0, 0.05) is 47.5 Å². The molecule has 0 atom stereocenters. The number of para-hydroxylation sites is 1. The lowest BCUT2D eigenvalue weighted by molar-refractivity contribution is -0.117. The summed E-state index contributed by atoms with van der Waals surface area (Å²) >= 11 is 6.02. The van der Waals surface area contributed by atoms with Crippen molar-refractivity contribution >= 4 is 28.9 Å². The van der Waals surface area contributed by atoms with Gasteiger partial charge in [0.25, 0.3) is 0 Å². The van der Waals surface area contributed by atoms with Gasteiger partial charge >= 0.3 is 0 Å². The largest absolute Gasteiger partial charge is 0.508 e. The summed E-state index contributed by atoms with van der Waals surface area (Å²) < 4.78 is 0. The molecule has 1 heterocycles. The maximum Gasteiger partial charge on any atom is 0.238 e. The molecule has 34 heavy (non-hydrogen) atoms. The maximum absolute atomic E-state index is 12.5. The summed E-state index contributed by atoms with van der Waals surface area (Å²) in [6.07, 6.45) is 2.48. The van der Waals surface area contributed by atoms with E-state index < -0.39 is 0 Å². The van der Waals surface area contributed by atoms with Crippen molar-refractivity contribution in [2.45, 2.75) is 31.9 Å². The van der Waals surface area contributed by atoms with E-state index in [1.807, 2.05) is 54.6 Å². The highest BCUT2D eigenvalue weighted by Gasteiger charge is 2.21. The molecule has 0 unspecified atom stereocenters. The Bertz CT molecular complexity index is 1110. The molecule has 0 spiro atoms. The Morgan fingerprint density at radius 3 is 2.44 bits per heavy atom. The van der Waals surface area contributed by atoms with Crippen LogP contribution >= 0.6 is 11.6 Å². The van der Waals surface area contributed by atoms with Crippen LogP contribution in [-0.2, 0) is 17.8 Å². The molecule has 0 radical (unpaired) electrons. The number of halogens is 1. The topological polar surface area (TPSA) is 84.8 Å². The van der Waals surface area contributed by atoms with Crippen molar-refractivity contribution in [2.24, 2.45) is 0 Å². The third-order valence-electron chi connectivity index (χ3n) is 6.18. The first-order valence-electron chi connectivity index (χ1n) is 11.5. The number of hydrogen-bond acceptors (Lipinski definition) is 5. The van der Waals surface area contributed by atoms with Crippen LogP contribution in [0.25, 0.3) is 0 Å². The van der Waals surface area contributed by atoms with E-state index in [9.17, 15) is 15.0 Å². The molecule has 0 bridgehead atoms. The lowest BCUT2D eigenvalue weighted by atomic mass is 10.0. The van der Waals surface area contributed by atoms with Crippen LogP contribution in [0.1, 0.15) is 29.5 Å². The lowest BCUT2D eigenvalue weighted by Crippen LogP contribution is -2.42. The van der Waals surface area contributed by atoms with E-state index in [1.165, 1.54) is 0 Å². The van der Waals surface area contributed by atoms with Gasteiger partial charge in [-0.05, 0) is 60.4 Å². The summed E-state index contributed by atoms with van der Waals surface area (Å²) in [6.45, 7) is 1.95. The summed E-state index contributed by atoms with van der Waals surface area (Å²) in [5.41, 5.74) is 4.41. The molecule has 1 saturated heterocycles. The third-order valence-corrected chi connectivity index (χ3v) is 6.41. The van der Waals surface area contributed by atoms with Crippen molar-refractivity contribution in [3.05, 3.63) is 88.4 Å². The molecule has 178 valence electrons. The third kappa shape index (κ3) is 6.50. The van der Waals surface area contributed by atoms with Crippen LogP contribution in [0.4, 0.5) is 11.4 Å². The van der Waals surface area contributed by atoms with Crippen molar-refractivity contribution in [3.8, 4) is 5.75 Å². The predicted molar refractivity (Wildman–Crippen MR) is 136 cm³/mol. The second-order valence-electron chi connectivity index (χ2n) is 8.70. The van der Waals surface area contributed by atoms with Gasteiger partial charge in [-0.2, -0.15) is 0 Å². The highest BCUT2D eigenvalue weighted by molar-refractivity contribution is 6.30. The average molecular weight is 480 g/mol. The number of piperidine rings is 1. The van der Waals surface area contributed by atoms with Crippen molar-refractivity contribution < 1.29 is 15.0 Å². The van der Waals surface area contributed by atoms with Gasteiger partial charge in [-0.25, -0.2) is 0 Å². The van der Waals surface area contributed by atoms with E-state index in [2.05, 4.69) is 15.5 Å². The molecular weight excluding hydrogens is 450 g/mol. The normalized spacial score (nSPS) is 14.6. The number of nitrogens with one attached hydrogen (secondary N) is 2. The molecular formula is C27H30ClN3O3. The molecule has 3 aromatic carbocycles. The van der Waals surface area contributed by atoms with E-state index in [0.29, 0.717) is 29.8 Å². The standard InChI is InChI=1S/C27H30ClN3O3/c28-22-7-10-25(21(16-22)18-32)29-24-11-13-31(14-12-24)17-27(34)30-23-8-5-19(6-9-23)15-20-3-1-2-4-26(20)33/h1-10,16,24,29,32-33H,11-15,17-18H2,(H,30,34). The van der Waals surface area contributed by atoms with Crippen molar-refractivity contribution in [2.75, 3.05) is 30.3 Å². The molecule has 1 fully saturated rings. The van der Waals surface area contributed by atoms with E-state index in [-0.39, 0.29) is 12.5 Å². The molecule has 7 heteroatoms. The SMILES string of the molecule is O=C(CN1CCC(Nc2ccc(Cl)cc2CO)CC1)Nc1ccc(Cc2ccccc2O)cc1. The zero-order chi connectivity index (χ0) is 23.9. The number of anilines is 2. The second-order valence-corrected chi connectivity index (χ2v) is 9.14. The summed E-state index contributed by atoms with van der Waals surface area (Å²) in [5.74, 6) is 0.265. The van der Waals surface area contributed by atoms with Crippen molar-refractivity contribution in [3.63, 3.8) is 0 Å². The highest BCUT2D eigenvalue weighted by atomic mass is 35.5. The average Bonchev–Trinajstić information content (AvgIpc) is 2.84. The summed E-state index contributed by atoms with van der Waals surface area (Å²) in [7, 11) is 0. The molecule has 0 aliphatic carbocycles. The van der Waals surface area contributed by atoms with Gasteiger partial charge in [-0.3, -0.25) is 9.69 Å². The van der Waals surface area contributed by atoms with Crippen LogP contribution in [0.15, 0.2) is 66.7 Å². The number of aliphatic hydroxyl groups excluding tert-OH is 1. The van der Waals surface area contributed by atoms with Crippen LogP contribution in [0.2, 0.25) is 5.02 Å². The first-order chi connectivity index (χ1) is 16.5. The number of hydrogen-bond donors (Lipinski definition) is 4. The summed E-state index contributed by atoms with van der Waals surface area (Å²) in [5, 5.41) is 26.6. The number of likely N-dealkylation sites (tertiary alicyclic amines) is 1. The van der Waals surface area contributed by atoms with Crippen LogP contribution in [0, 0.1) is 0 Å². The van der Waals surface area contributed by atoms with Gasteiger partial charge in [0.15, 0.2) is 0 Å². The fourth-order valence-corrected chi connectivity index (χ4v) is 4.47. The fraction of sp³-hybridized carbons (Fsp3) is 0.296. The Morgan fingerprint density at radius 1 is 1.00 bits per heavy atom. The number of amides is 1. The summed E-state index contributed by atoms with van der Waals surface area (Å²) in [6, 6.07) is 20.8. The minimum absolute atomic E-state index is 0.0277. The second kappa shape index (κ2) is 11.4. The number of carbonyl (C=O) groups is 1. The van der Waals surface area contributed by atoms with Crippen LogP contribution < -0.4 is 10.6 Å². The molecule has 1 aliphatic rings. The van der Waals surface area contributed by atoms with E-state index in [1.54, 1.807) is 12.1 Å². The molecule has 3 aromatic rings. The Hall–Kier alpha value is -3.06. The van der Waals surface area contributed by atoms with Gasteiger partial charge in [-0.1, -0.05) is 41.9 Å². The zero-order valence-corrected chi connectivity index (χ0v) is 19.8. The van der Waals surface area contributed by atoms with Gasteiger partial charge in [0.05, 0.1) is 13.2 Å². The van der Waals surface area contributed by atoms with E-state index >= 15 is 0 Å². The van der Waals surface area contributed by atoms with Gasteiger partial charge in [0.2, 0.25) is 5.91 Å². The number of phenols is 1. The minimum Gasteiger partial charge on any atom is -0.508 e. The number of nitrogens with zero attached hydrogens (tertiary/aromatic N) is 1. The van der Waals surface area contributed by atoms with E-state index in [4.69, 9.17) is 11.6 Å². The molecule has 1 amide bonds. The molecule has 4 N–H and O–H groups in total. The summed E-state index contributed by atoms with van der Waals surface area (Å²) in [4.78, 5) is 14.7. The predicted octanol–water partition coefficient (Wildman–Crippen LogP) is 4.64. The minimum atomic E-state index is -0.0579. The monoisotopic (exact) mass is 479 g/mol. The number of carbonyl (C=O) groups excluding carboxylic acids is 1. The number of phenolic OH excluding ortho intramolecular Hbond substituents is 1. The van der Waals surface area contributed by atoms with Gasteiger partial charge < -0.3 is 20.8 Å². The van der Waals surface area contributed by atoms with Crippen molar-refractivity contribution in [1.29, 1.82) is 0 Å². The molecule has 0 saturated carbocycles. The molecule has 1 aliphatic heterocycles. The first kappa shape index (κ1) is 24.1. The molecule has 6 nitrogen and oxygen atoms in total. The zero-order valence-electron chi connectivity index (χ0n) is 19.0. The number of benzene rings is 3. The van der Waals surface area contributed by atoms with Crippen LogP contribution in [0.3, 0.4) is 0 Å². The van der Waals surface area contributed by atoms with Crippen molar-refractivity contribution in [1.82, 2.24) is 4.90 Å². The van der Waals surface area contributed by atoms with Crippen LogP contribution in [0.5, 0.6) is 5.75 Å². The van der Waals surface area contributed by atoms with Gasteiger partial charge in [-0.15, -0.1) is 0 Å². The Labute approximate surface area is 205 Å². The molecule has 0 aromatic heterocycles. The van der Waals surface area contributed by atoms with E-state index in [0.717, 1.165) is 54.0 Å². The smallest absolute Gasteiger partial charge is 0.238 e. The lowest BCUT2D eigenvalue weighted by Gasteiger charge is -2.32. The Kier molecular flexibility index (Phi) is 8.06. The molecule has 4 rings (SSSR count). The van der Waals surface area contributed by atoms with Gasteiger partial charge in [0.1, 0.15) is 5.75 Å². The fourth-order valence-electron chi connectivity index (χ4n) is 4.28. The number of aromatic hydroxyl groups is 1. The first-order valence-corrected chi connectivity index (χ1v) is 11.9. The maximum atomic E-state index is 12.5. The quantitative estimate of drug-likeness (QED) is 0.378. The number of rotatable bonds is 8.